The van der Waals surface area contributed by atoms with Gasteiger partial charge in [0.2, 0.25) is 0 Å². The zero-order valence-electron chi connectivity index (χ0n) is 36.8. The van der Waals surface area contributed by atoms with E-state index in [1.165, 1.54) is 12.1 Å². The maximum atomic E-state index is 12.6. The SMILES string of the molecule is COc1ccc(C(CC(O)c2cc(C(O)CCN(CCO)CC(O)[Si](c3ccccc3)(c3ccccc3)C(C)(C)C)ccc2[N+](=O)[O-])(c2ccccc2)c2ccc(OC)cc2)cc1. The van der Waals surface area contributed by atoms with Crippen LogP contribution in [0.5, 0.6) is 11.5 Å². The Balaban J connectivity index is 1.33. The number of ether oxygens (including phenoxy) is 2. The van der Waals surface area contributed by atoms with Gasteiger partial charge >= 0.3 is 0 Å². The van der Waals surface area contributed by atoms with E-state index >= 15 is 0 Å². The molecule has 6 aromatic rings. The molecule has 10 nitrogen and oxygen atoms in total. The van der Waals surface area contributed by atoms with Crippen LogP contribution in [0, 0.1) is 10.1 Å². The zero-order chi connectivity index (χ0) is 45.2. The molecule has 0 aromatic heterocycles. The maximum absolute atomic E-state index is 12.6. The summed E-state index contributed by atoms with van der Waals surface area (Å²) in [4.78, 5) is 14.1. The third-order valence-electron chi connectivity index (χ3n) is 12.6. The number of hydrogen-bond donors (Lipinski definition) is 4. The fourth-order valence-electron chi connectivity index (χ4n) is 9.55. The lowest BCUT2D eigenvalue weighted by Gasteiger charge is -2.48. The molecular formula is C52H60N2O8Si. The highest BCUT2D eigenvalue weighted by molar-refractivity contribution is 7.05. The number of benzene rings is 6. The van der Waals surface area contributed by atoms with Crippen molar-refractivity contribution in [2.75, 3.05) is 40.5 Å². The molecule has 0 fully saturated rings. The lowest BCUT2D eigenvalue weighted by molar-refractivity contribution is -0.386. The third-order valence-corrected chi connectivity index (χ3v) is 18.7. The Kier molecular flexibility index (Phi) is 15.4. The van der Waals surface area contributed by atoms with Gasteiger partial charge in [0, 0.05) is 31.1 Å². The van der Waals surface area contributed by atoms with E-state index < -0.39 is 36.3 Å². The van der Waals surface area contributed by atoms with Gasteiger partial charge in [0.25, 0.3) is 5.69 Å². The number of nitro groups is 1. The Morgan fingerprint density at radius 3 is 1.57 bits per heavy atom. The van der Waals surface area contributed by atoms with Gasteiger partial charge in [0.15, 0.2) is 8.07 Å². The van der Waals surface area contributed by atoms with Gasteiger partial charge in [-0.1, -0.05) is 146 Å². The smallest absolute Gasteiger partial charge is 0.275 e. The predicted molar refractivity (Wildman–Crippen MR) is 252 cm³/mol. The first-order valence-electron chi connectivity index (χ1n) is 21.4. The van der Waals surface area contributed by atoms with Gasteiger partial charge in [-0.15, -0.1) is 0 Å². The summed E-state index contributed by atoms with van der Waals surface area (Å²) in [5.74, 6) is 1.31. The van der Waals surface area contributed by atoms with E-state index in [9.17, 15) is 30.5 Å². The van der Waals surface area contributed by atoms with E-state index in [2.05, 4.69) is 45.0 Å². The quantitative estimate of drug-likeness (QED) is 0.0262. The third kappa shape index (κ3) is 9.94. The van der Waals surface area contributed by atoms with Crippen molar-refractivity contribution < 1.29 is 34.8 Å². The normalized spacial score (nSPS) is 13.6. The molecule has 11 heteroatoms. The molecule has 3 unspecified atom stereocenters. The average molecular weight is 869 g/mol. The average Bonchev–Trinajstić information content (AvgIpc) is 3.30. The van der Waals surface area contributed by atoms with Gasteiger partial charge in [0.1, 0.15) is 11.5 Å². The summed E-state index contributed by atoms with van der Waals surface area (Å²) in [6, 6.07) is 49.8. The van der Waals surface area contributed by atoms with Crippen molar-refractivity contribution in [1.29, 1.82) is 0 Å². The lowest BCUT2D eigenvalue weighted by Crippen LogP contribution is -2.73. The van der Waals surface area contributed by atoms with Crippen LogP contribution in [0.1, 0.15) is 73.6 Å². The minimum Gasteiger partial charge on any atom is -0.497 e. The highest BCUT2D eigenvalue weighted by atomic mass is 28.3. The Hall–Kier alpha value is -5.66. The van der Waals surface area contributed by atoms with Gasteiger partial charge < -0.3 is 29.9 Å². The molecule has 3 atom stereocenters. The molecule has 0 bridgehead atoms. The van der Waals surface area contributed by atoms with Crippen LogP contribution in [0.15, 0.2) is 158 Å². The second kappa shape index (κ2) is 20.7. The van der Waals surface area contributed by atoms with Crippen LogP contribution in [0.3, 0.4) is 0 Å². The molecule has 0 heterocycles. The molecule has 0 spiro atoms. The molecule has 0 saturated heterocycles. The van der Waals surface area contributed by atoms with Crippen LogP contribution in [-0.2, 0) is 5.41 Å². The monoisotopic (exact) mass is 868 g/mol. The number of aliphatic hydroxyl groups excluding tert-OH is 4. The van der Waals surface area contributed by atoms with E-state index in [4.69, 9.17) is 9.47 Å². The fraction of sp³-hybridized carbons (Fsp3) is 0.308. The molecule has 63 heavy (non-hydrogen) atoms. The summed E-state index contributed by atoms with van der Waals surface area (Å²) in [7, 11) is 0.250. The first-order valence-corrected chi connectivity index (χ1v) is 23.5. The Morgan fingerprint density at radius 2 is 1.13 bits per heavy atom. The number of nitro benzene ring substituents is 1. The predicted octanol–water partition coefficient (Wildman–Crippen LogP) is 7.75. The summed E-state index contributed by atoms with van der Waals surface area (Å²) in [5.41, 5.74) is 0.969. The van der Waals surface area contributed by atoms with Crippen LogP contribution in [0.25, 0.3) is 0 Å². The van der Waals surface area contributed by atoms with Gasteiger partial charge in [0.05, 0.1) is 49.2 Å². The Morgan fingerprint density at radius 1 is 0.651 bits per heavy atom. The van der Waals surface area contributed by atoms with Crippen molar-refractivity contribution in [2.24, 2.45) is 0 Å². The zero-order valence-corrected chi connectivity index (χ0v) is 37.8. The van der Waals surface area contributed by atoms with Crippen molar-refractivity contribution in [3.8, 4) is 11.5 Å². The molecule has 4 N–H and O–H groups in total. The van der Waals surface area contributed by atoms with Crippen LogP contribution in [0.2, 0.25) is 5.04 Å². The minimum atomic E-state index is -2.94. The summed E-state index contributed by atoms with van der Waals surface area (Å²) in [5, 5.41) is 61.5. The van der Waals surface area contributed by atoms with E-state index in [-0.39, 0.29) is 48.8 Å². The summed E-state index contributed by atoms with van der Waals surface area (Å²) < 4.78 is 11.0. The Bertz CT molecular complexity index is 2270. The molecule has 0 amide bonds. The second-order valence-electron chi connectivity index (χ2n) is 17.2. The molecule has 0 aliphatic rings. The van der Waals surface area contributed by atoms with Crippen molar-refractivity contribution in [2.45, 2.75) is 62.0 Å². The number of methoxy groups -OCH3 is 2. The van der Waals surface area contributed by atoms with E-state index in [1.54, 1.807) is 20.3 Å². The summed E-state index contributed by atoms with van der Waals surface area (Å²) >= 11 is 0. The fourth-order valence-corrected chi connectivity index (χ4v) is 15.4. The van der Waals surface area contributed by atoms with E-state index in [0.717, 1.165) is 27.1 Å². The van der Waals surface area contributed by atoms with Crippen LogP contribution >= 0.6 is 0 Å². The van der Waals surface area contributed by atoms with Crippen LogP contribution in [-0.4, -0.2) is 84.5 Å². The second-order valence-corrected chi connectivity index (χ2v) is 22.1. The molecule has 0 saturated carbocycles. The maximum Gasteiger partial charge on any atom is 0.275 e. The van der Waals surface area contributed by atoms with Gasteiger partial charge in [-0.25, -0.2) is 0 Å². The standard InChI is InChI=1S/C52H60N2O8Si/c1-51(2,3)63(44-17-11-7-12-18-44,45-19-13-8-14-20-45)50(58)37-53(33-34-55)32-31-48(56)38-21-30-47(54(59)60)46(35-38)49(57)36-52(39-15-9-6-10-16-39,40-22-26-42(61-4)27-23-40)41-24-28-43(62-5)29-25-41/h6-30,35,48-50,55-58H,31-34,36-37H2,1-5H3. The number of nitrogens with zero attached hydrogens (tertiary/aromatic N) is 2. The first kappa shape index (κ1) is 46.8. The molecule has 330 valence electrons. The van der Waals surface area contributed by atoms with Crippen molar-refractivity contribution in [3.63, 3.8) is 0 Å². The van der Waals surface area contributed by atoms with Gasteiger partial charge in [-0.05, 0) is 76.5 Å². The minimum absolute atomic E-state index is 0.0144. The number of aliphatic hydroxyl groups is 4. The first-order chi connectivity index (χ1) is 30.3. The summed E-state index contributed by atoms with van der Waals surface area (Å²) in [6.45, 7) is 7.23. The topological polar surface area (TPSA) is 146 Å². The van der Waals surface area contributed by atoms with Crippen LogP contribution < -0.4 is 19.8 Å². The molecule has 6 rings (SSSR count). The molecule has 0 aliphatic heterocycles. The highest BCUT2D eigenvalue weighted by Gasteiger charge is 2.53. The van der Waals surface area contributed by atoms with E-state index in [0.29, 0.717) is 23.6 Å². The van der Waals surface area contributed by atoms with Crippen molar-refractivity contribution in [3.05, 3.63) is 196 Å². The summed E-state index contributed by atoms with van der Waals surface area (Å²) in [6.07, 6.45) is -2.23. The lowest BCUT2D eigenvalue weighted by atomic mass is 9.65. The highest BCUT2D eigenvalue weighted by Crippen LogP contribution is 2.48. The number of hydrogen-bond acceptors (Lipinski definition) is 9. The number of rotatable bonds is 20. The molecule has 0 radical (unpaired) electrons. The van der Waals surface area contributed by atoms with E-state index in [1.807, 2.05) is 120 Å². The van der Waals surface area contributed by atoms with Crippen LogP contribution in [0.4, 0.5) is 5.69 Å². The van der Waals surface area contributed by atoms with Gasteiger partial charge in [-0.2, -0.15) is 0 Å². The van der Waals surface area contributed by atoms with Crippen molar-refractivity contribution >= 4 is 24.1 Å². The molecule has 6 aromatic carbocycles. The molecular weight excluding hydrogens is 809 g/mol. The van der Waals surface area contributed by atoms with Gasteiger partial charge in [-0.3, -0.25) is 15.0 Å². The Labute approximate surface area is 372 Å². The largest absolute Gasteiger partial charge is 0.497 e. The van der Waals surface area contributed by atoms with Crippen molar-refractivity contribution in [1.82, 2.24) is 4.90 Å². The molecule has 0 aliphatic carbocycles.